The van der Waals surface area contributed by atoms with Crippen molar-refractivity contribution in [3.8, 4) is 28.4 Å². The number of halogens is 2. The Morgan fingerprint density at radius 2 is 1.95 bits per heavy atom. The minimum atomic E-state index is -0.886. The van der Waals surface area contributed by atoms with Gasteiger partial charge in [0.05, 0.1) is 28.7 Å². The number of fused-ring (bicyclic) bond motifs is 5. The maximum absolute atomic E-state index is 16.0. The molecule has 5 heterocycles. The van der Waals surface area contributed by atoms with Crippen LogP contribution < -0.4 is 15.2 Å². The maximum atomic E-state index is 16.0. The first-order chi connectivity index (χ1) is 20.5. The number of pyridine rings is 3. The quantitative estimate of drug-likeness (QED) is 0.341. The summed E-state index contributed by atoms with van der Waals surface area (Å²) in [5.74, 6) is -2.52. The van der Waals surface area contributed by atoms with Crippen LogP contribution in [-0.4, -0.2) is 62.2 Å². The zero-order valence-corrected chi connectivity index (χ0v) is 24.3. The third-order valence-electron chi connectivity index (χ3n) is 8.19. The molecular weight excluding hydrogens is 556 g/mol. The highest BCUT2D eigenvalue weighted by molar-refractivity contribution is 5.97. The Kier molecular flexibility index (Phi) is 6.90. The SMILES string of the molecule is C=CC(=O)N1C[C@@H]2COc3c(c4cc(F)c(-c5c(O)cccc5F)nc4n(-c4c(C)ccnc4C(C)C)c3=O)N2C[C@H]1C. The zero-order valence-electron chi connectivity index (χ0n) is 24.3. The summed E-state index contributed by atoms with van der Waals surface area (Å²) in [5.41, 5.74) is 0.844. The van der Waals surface area contributed by atoms with Gasteiger partial charge in [0.1, 0.15) is 23.9 Å². The summed E-state index contributed by atoms with van der Waals surface area (Å²) in [6, 6.07) is 6.06. The molecule has 43 heavy (non-hydrogen) atoms. The average Bonchev–Trinajstić information content (AvgIpc) is 2.97. The predicted molar refractivity (Wildman–Crippen MR) is 159 cm³/mol. The van der Waals surface area contributed by atoms with Gasteiger partial charge in [-0.25, -0.2) is 13.8 Å². The first-order valence-corrected chi connectivity index (χ1v) is 14.1. The molecule has 2 aliphatic rings. The number of aryl methyl sites for hydroxylation is 1. The number of ether oxygens (including phenoxy) is 1. The van der Waals surface area contributed by atoms with Crippen molar-refractivity contribution in [3.05, 3.63) is 82.4 Å². The van der Waals surface area contributed by atoms with Crippen LogP contribution in [0.25, 0.3) is 28.0 Å². The number of piperazine rings is 1. The zero-order chi connectivity index (χ0) is 30.7. The molecule has 1 saturated heterocycles. The van der Waals surface area contributed by atoms with Crippen LogP contribution in [0.1, 0.15) is 37.9 Å². The Bertz CT molecular complexity index is 1850. The van der Waals surface area contributed by atoms with Crippen LogP contribution in [0.3, 0.4) is 0 Å². The molecule has 11 heteroatoms. The average molecular weight is 588 g/mol. The molecule has 2 aliphatic heterocycles. The molecule has 3 aromatic heterocycles. The van der Waals surface area contributed by atoms with Crippen LogP contribution in [-0.2, 0) is 4.79 Å². The predicted octanol–water partition coefficient (Wildman–Crippen LogP) is 4.85. The number of nitrogens with zero attached hydrogens (tertiary/aromatic N) is 5. The summed E-state index contributed by atoms with van der Waals surface area (Å²) < 4.78 is 38.5. The van der Waals surface area contributed by atoms with Gasteiger partial charge in [-0.2, -0.15) is 0 Å². The number of hydrogen-bond donors (Lipinski definition) is 1. The van der Waals surface area contributed by atoms with Crippen LogP contribution in [0.5, 0.6) is 11.5 Å². The number of aromatic hydroxyl groups is 1. The van der Waals surface area contributed by atoms with Gasteiger partial charge in [-0.3, -0.25) is 19.1 Å². The molecule has 0 spiro atoms. The fourth-order valence-corrected chi connectivity index (χ4v) is 6.13. The smallest absolute Gasteiger partial charge is 0.301 e. The Labute approximate surface area is 246 Å². The largest absolute Gasteiger partial charge is 0.507 e. The lowest BCUT2D eigenvalue weighted by molar-refractivity contribution is -0.129. The van der Waals surface area contributed by atoms with E-state index in [0.717, 1.165) is 11.6 Å². The lowest BCUT2D eigenvalue weighted by atomic mass is 10.0. The van der Waals surface area contributed by atoms with Crippen molar-refractivity contribution >= 4 is 22.6 Å². The number of benzene rings is 1. The monoisotopic (exact) mass is 587 g/mol. The fraction of sp³-hybridized carbons (Fsp3) is 0.312. The number of rotatable bonds is 4. The molecule has 0 unspecified atom stereocenters. The van der Waals surface area contributed by atoms with Gasteiger partial charge in [0.2, 0.25) is 11.7 Å². The molecule has 0 radical (unpaired) electrons. The van der Waals surface area contributed by atoms with Crippen LogP contribution in [0, 0.1) is 18.6 Å². The molecule has 1 aromatic carbocycles. The molecule has 0 bridgehead atoms. The molecule has 2 atom stereocenters. The number of phenols is 1. The topological polar surface area (TPSA) is 101 Å². The number of carbonyl (C=O) groups excluding carboxylic acids is 1. The van der Waals surface area contributed by atoms with Gasteiger partial charge in [0, 0.05) is 30.7 Å². The number of phenolic OH excluding ortho intramolecular Hbond substituents is 1. The Balaban J connectivity index is 1.70. The Morgan fingerprint density at radius 1 is 1.19 bits per heavy atom. The highest BCUT2D eigenvalue weighted by atomic mass is 19.1. The molecule has 4 aromatic rings. The lowest BCUT2D eigenvalue weighted by Crippen LogP contribution is -2.62. The summed E-state index contributed by atoms with van der Waals surface area (Å²) in [6.07, 6.45) is 2.92. The number of amides is 1. The van der Waals surface area contributed by atoms with Gasteiger partial charge in [-0.15, -0.1) is 0 Å². The van der Waals surface area contributed by atoms with Gasteiger partial charge in [0.25, 0.3) is 0 Å². The third-order valence-corrected chi connectivity index (χ3v) is 8.19. The summed E-state index contributed by atoms with van der Waals surface area (Å²) in [5, 5.41) is 10.8. The van der Waals surface area contributed by atoms with Gasteiger partial charge >= 0.3 is 5.56 Å². The molecular formula is C32H31F2N5O4. The van der Waals surface area contributed by atoms with Gasteiger partial charge in [-0.05, 0) is 55.7 Å². The van der Waals surface area contributed by atoms with Crippen molar-refractivity contribution in [2.75, 3.05) is 24.6 Å². The summed E-state index contributed by atoms with van der Waals surface area (Å²) in [6.45, 7) is 12.0. The van der Waals surface area contributed by atoms with Crippen LogP contribution >= 0.6 is 0 Å². The van der Waals surface area contributed by atoms with Crippen LogP contribution in [0.4, 0.5) is 14.5 Å². The summed E-state index contributed by atoms with van der Waals surface area (Å²) in [7, 11) is 0. The third kappa shape index (κ3) is 4.41. The first kappa shape index (κ1) is 28.3. The summed E-state index contributed by atoms with van der Waals surface area (Å²) >= 11 is 0. The van der Waals surface area contributed by atoms with Crippen molar-refractivity contribution in [2.24, 2.45) is 0 Å². The van der Waals surface area contributed by atoms with E-state index in [2.05, 4.69) is 16.5 Å². The van der Waals surface area contributed by atoms with E-state index >= 15 is 8.78 Å². The van der Waals surface area contributed by atoms with E-state index in [4.69, 9.17) is 4.74 Å². The van der Waals surface area contributed by atoms with E-state index in [1.54, 1.807) is 17.2 Å². The minimum Gasteiger partial charge on any atom is -0.507 e. The van der Waals surface area contributed by atoms with Crippen LogP contribution in [0.2, 0.25) is 0 Å². The molecule has 9 nitrogen and oxygen atoms in total. The Hall–Kier alpha value is -4.80. The highest BCUT2D eigenvalue weighted by Crippen LogP contribution is 2.43. The number of hydrogen-bond acceptors (Lipinski definition) is 7. The van der Waals surface area contributed by atoms with Gasteiger partial charge in [0.15, 0.2) is 11.5 Å². The maximum Gasteiger partial charge on any atom is 0.301 e. The number of carbonyl (C=O) groups is 1. The lowest BCUT2D eigenvalue weighted by Gasteiger charge is -2.48. The van der Waals surface area contributed by atoms with E-state index in [-0.39, 0.29) is 47.3 Å². The second-order valence-electron chi connectivity index (χ2n) is 11.3. The highest BCUT2D eigenvalue weighted by Gasteiger charge is 2.41. The van der Waals surface area contributed by atoms with E-state index in [1.165, 1.54) is 28.8 Å². The molecule has 1 fully saturated rings. The van der Waals surface area contributed by atoms with Crippen molar-refractivity contribution in [2.45, 2.75) is 45.7 Å². The molecule has 0 saturated carbocycles. The number of aromatic nitrogens is 3. The summed E-state index contributed by atoms with van der Waals surface area (Å²) in [4.78, 5) is 39.8. The van der Waals surface area contributed by atoms with Gasteiger partial charge < -0.3 is 19.6 Å². The second kappa shape index (κ2) is 10.5. The first-order valence-electron chi connectivity index (χ1n) is 14.1. The normalized spacial score (nSPS) is 17.9. The molecule has 222 valence electrons. The second-order valence-corrected chi connectivity index (χ2v) is 11.3. The van der Waals surface area contributed by atoms with E-state index in [0.29, 0.717) is 30.2 Å². The van der Waals surface area contributed by atoms with E-state index in [1.807, 2.05) is 32.6 Å². The Morgan fingerprint density at radius 3 is 2.65 bits per heavy atom. The fourth-order valence-electron chi connectivity index (χ4n) is 6.13. The van der Waals surface area contributed by atoms with Crippen molar-refractivity contribution in [3.63, 3.8) is 0 Å². The van der Waals surface area contributed by atoms with Crippen LogP contribution in [0.15, 0.2) is 54.0 Å². The molecule has 1 N–H and O–H groups in total. The van der Waals surface area contributed by atoms with Crippen molar-refractivity contribution in [1.82, 2.24) is 19.4 Å². The van der Waals surface area contributed by atoms with E-state index < -0.39 is 34.2 Å². The van der Waals surface area contributed by atoms with Crippen molar-refractivity contribution in [1.29, 1.82) is 0 Å². The molecule has 6 rings (SSSR count). The molecule has 1 amide bonds. The number of anilines is 1. The standard InChI is InChI=1S/C32H31F2N5O4/c1-6-24(41)37-14-19-15-43-30-29(38(19)13-18(37)5)20-12-22(34)27(25-21(33)8-7-9-23(25)40)36-31(20)39(32(30)42)28-17(4)10-11-35-26(28)16(2)3/h6-12,16,18-19,40H,1,13-15H2,2-5H3/t18-,19-/m1/s1. The van der Waals surface area contributed by atoms with E-state index in [9.17, 15) is 14.7 Å². The molecule has 0 aliphatic carbocycles. The van der Waals surface area contributed by atoms with Crippen molar-refractivity contribution < 1.29 is 23.4 Å². The minimum absolute atomic E-state index is 0.0279. The van der Waals surface area contributed by atoms with Gasteiger partial charge in [-0.1, -0.05) is 26.5 Å².